The molecule has 21 heavy (non-hydrogen) atoms. The molecule has 0 fully saturated rings. The smallest absolute Gasteiger partial charge is 0.270 e. The molecular weight excluding hydrogens is 276 g/mol. The summed E-state index contributed by atoms with van der Waals surface area (Å²) in [6.07, 6.45) is 0.373. The number of non-ortho nitro benzene ring substituents is 1. The van der Waals surface area contributed by atoms with Gasteiger partial charge in [0.2, 0.25) is 0 Å². The van der Waals surface area contributed by atoms with Crippen molar-refractivity contribution < 1.29 is 19.6 Å². The minimum Gasteiger partial charge on any atom is -0.388 e. The van der Waals surface area contributed by atoms with Crippen molar-refractivity contribution in [3.63, 3.8) is 0 Å². The standard InChI is InChI=1S/C14H20N2O5/c1-10-4-5-11(16(19)20)8-12(10)13(17)15-9-14(2,18)6-7-21-3/h4-5,8,18H,6-7,9H2,1-3H3,(H,15,17). The van der Waals surface area contributed by atoms with Crippen molar-refractivity contribution in [2.45, 2.75) is 25.9 Å². The Hall–Kier alpha value is -1.99. The van der Waals surface area contributed by atoms with Crippen LogP contribution >= 0.6 is 0 Å². The number of nitrogens with zero attached hydrogens (tertiary/aromatic N) is 1. The van der Waals surface area contributed by atoms with Gasteiger partial charge < -0.3 is 15.2 Å². The van der Waals surface area contributed by atoms with E-state index in [4.69, 9.17) is 4.74 Å². The van der Waals surface area contributed by atoms with Gasteiger partial charge in [0.15, 0.2) is 0 Å². The van der Waals surface area contributed by atoms with Crippen LogP contribution in [0.5, 0.6) is 0 Å². The lowest BCUT2D eigenvalue weighted by Crippen LogP contribution is -2.41. The second kappa shape index (κ2) is 7.14. The van der Waals surface area contributed by atoms with Gasteiger partial charge in [-0.15, -0.1) is 0 Å². The number of rotatable bonds is 7. The lowest BCUT2D eigenvalue weighted by atomic mass is 10.0. The zero-order valence-electron chi connectivity index (χ0n) is 12.4. The van der Waals surface area contributed by atoms with Crippen LogP contribution in [0.2, 0.25) is 0 Å². The van der Waals surface area contributed by atoms with Crippen LogP contribution in [0.15, 0.2) is 18.2 Å². The van der Waals surface area contributed by atoms with Crippen molar-refractivity contribution in [1.29, 1.82) is 0 Å². The Morgan fingerprint density at radius 2 is 2.19 bits per heavy atom. The third-order valence-electron chi connectivity index (χ3n) is 3.15. The van der Waals surface area contributed by atoms with Crippen LogP contribution in [0, 0.1) is 17.0 Å². The van der Waals surface area contributed by atoms with Crippen molar-refractivity contribution in [3.05, 3.63) is 39.4 Å². The average Bonchev–Trinajstić information content (AvgIpc) is 2.43. The van der Waals surface area contributed by atoms with Gasteiger partial charge in [0.05, 0.1) is 10.5 Å². The fourth-order valence-electron chi connectivity index (χ4n) is 1.74. The zero-order chi connectivity index (χ0) is 16.0. The topological polar surface area (TPSA) is 102 Å². The van der Waals surface area contributed by atoms with Gasteiger partial charge in [-0.25, -0.2) is 0 Å². The highest BCUT2D eigenvalue weighted by atomic mass is 16.6. The summed E-state index contributed by atoms with van der Waals surface area (Å²) in [4.78, 5) is 22.3. The lowest BCUT2D eigenvalue weighted by Gasteiger charge is -2.23. The number of ether oxygens (including phenoxy) is 1. The quantitative estimate of drug-likeness (QED) is 0.585. The van der Waals surface area contributed by atoms with E-state index < -0.39 is 16.4 Å². The first-order chi connectivity index (χ1) is 9.76. The number of nitrogens with one attached hydrogen (secondary N) is 1. The van der Waals surface area contributed by atoms with Gasteiger partial charge >= 0.3 is 0 Å². The highest BCUT2D eigenvalue weighted by Crippen LogP contribution is 2.17. The lowest BCUT2D eigenvalue weighted by molar-refractivity contribution is -0.384. The van der Waals surface area contributed by atoms with Crippen LogP contribution in [0.4, 0.5) is 5.69 Å². The second-order valence-corrected chi connectivity index (χ2v) is 5.18. The molecule has 0 aliphatic rings. The first-order valence-corrected chi connectivity index (χ1v) is 6.51. The Morgan fingerprint density at radius 3 is 2.76 bits per heavy atom. The summed E-state index contributed by atoms with van der Waals surface area (Å²) in [5.41, 5.74) is -0.376. The number of aliphatic hydroxyl groups is 1. The molecule has 2 N–H and O–H groups in total. The molecule has 1 amide bonds. The Bertz CT molecular complexity index is 528. The van der Waals surface area contributed by atoms with Crippen LogP contribution in [0.1, 0.15) is 29.3 Å². The van der Waals surface area contributed by atoms with Gasteiger partial charge in [-0.3, -0.25) is 14.9 Å². The van der Waals surface area contributed by atoms with E-state index in [9.17, 15) is 20.0 Å². The molecule has 1 unspecified atom stereocenters. The number of nitro benzene ring substituents is 1. The molecule has 1 rings (SSSR count). The molecule has 0 aliphatic carbocycles. The van der Waals surface area contributed by atoms with Gasteiger partial charge in [0.25, 0.3) is 11.6 Å². The monoisotopic (exact) mass is 296 g/mol. The minimum absolute atomic E-state index is 0.0390. The maximum atomic E-state index is 12.1. The molecule has 0 bridgehead atoms. The van der Waals surface area contributed by atoms with E-state index in [1.807, 2.05) is 0 Å². The summed E-state index contributed by atoms with van der Waals surface area (Å²) in [5.74, 6) is -0.450. The van der Waals surface area contributed by atoms with Gasteiger partial charge in [0.1, 0.15) is 0 Å². The van der Waals surface area contributed by atoms with Crippen molar-refractivity contribution >= 4 is 11.6 Å². The van der Waals surface area contributed by atoms with Crippen molar-refractivity contribution in [2.75, 3.05) is 20.3 Å². The summed E-state index contributed by atoms with van der Waals surface area (Å²) in [6, 6.07) is 4.10. The van der Waals surface area contributed by atoms with Gasteiger partial charge in [-0.05, 0) is 19.4 Å². The maximum Gasteiger partial charge on any atom is 0.270 e. The zero-order valence-corrected chi connectivity index (χ0v) is 12.4. The normalized spacial score (nSPS) is 13.5. The average molecular weight is 296 g/mol. The highest BCUT2D eigenvalue weighted by molar-refractivity contribution is 5.96. The molecule has 0 spiro atoms. The predicted molar refractivity (Wildman–Crippen MR) is 77.3 cm³/mol. The van der Waals surface area contributed by atoms with Crippen LogP contribution in [0.3, 0.4) is 0 Å². The van der Waals surface area contributed by atoms with Crippen molar-refractivity contribution in [1.82, 2.24) is 5.32 Å². The van der Waals surface area contributed by atoms with E-state index in [2.05, 4.69) is 5.32 Å². The molecular formula is C14H20N2O5. The number of nitro groups is 1. The summed E-state index contributed by atoms with van der Waals surface area (Å²) in [7, 11) is 1.53. The number of hydrogen-bond donors (Lipinski definition) is 2. The molecule has 1 aromatic carbocycles. The maximum absolute atomic E-state index is 12.1. The first kappa shape index (κ1) is 17.1. The summed E-state index contributed by atoms with van der Waals surface area (Å²) in [6.45, 7) is 3.70. The van der Waals surface area contributed by atoms with Gasteiger partial charge in [0, 0.05) is 44.4 Å². The largest absolute Gasteiger partial charge is 0.388 e. The Kier molecular flexibility index (Phi) is 5.80. The van der Waals surface area contributed by atoms with Crippen LogP contribution in [-0.2, 0) is 4.74 Å². The molecule has 0 aliphatic heterocycles. The van der Waals surface area contributed by atoms with Crippen LogP contribution < -0.4 is 5.32 Å². The molecule has 0 saturated heterocycles. The number of carbonyl (C=O) groups excluding carboxylic acids is 1. The summed E-state index contributed by atoms with van der Waals surface area (Å²) >= 11 is 0. The van der Waals surface area contributed by atoms with Gasteiger partial charge in [-0.1, -0.05) is 6.07 Å². The summed E-state index contributed by atoms with van der Waals surface area (Å²) in [5, 5.41) is 23.4. The minimum atomic E-state index is -1.10. The molecule has 0 heterocycles. The van der Waals surface area contributed by atoms with E-state index in [1.54, 1.807) is 13.8 Å². The summed E-state index contributed by atoms with van der Waals surface area (Å²) < 4.78 is 4.88. The van der Waals surface area contributed by atoms with E-state index in [0.29, 0.717) is 18.6 Å². The third kappa shape index (κ3) is 5.13. The van der Waals surface area contributed by atoms with Crippen LogP contribution in [-0.4, -0.2) is 41.8 Å². The van der Waals surface area contributed by atoms with E-state index in [-0.39, 0.29) is 17.8 Å². The fraction of sp³-hybridized carbons (Fsp3) is 0.500. The third-order valence-corrected chi connectivity index (χ3v) is 3.15. The number of carbonyl (C=O) groups is 1. The first-order valence-electron chi connectivity index (χ1n) is 6.51. The predicted octanol–water partition coefficient (Wildman–Crippen LogP) is 1.42. The molecule has 7 heteroatoms. The van der Waals surface area contributed by atoms with Gasteiger partial charge in [-0.2, -0.15) is 0 Å². The van der Waals surface area contributed by atoms with Crippen molar-refractivity contribution in [3.8, 4) is 0 Å². The van der Waals surface area contributed by atoms with E-state index in [1.165, 1.54) is 25.3 Å². The number of benzene rings is 1. The van der Waals surface area contributed by atoms with E-state index >= 15 is 0 Å². The molecule has 7 nitrogen and oxygen atoms in total. The molecule has 1 aromatic rings. The van der Waals surface area contributed by atoms with Crippen molar-refractivity contribution in [2.24, 2.45) is 0 Å². The number of amides is 1. The number of aryl methyl sites for hydroxylation is 1. The Balaban J connectivity index is 2.76. The molecule has 116 valence electrons. The fourth-order valence-corrected chi connectivity index (χ4v) is 1.74. The number of hydrogen-bond acceptors (Lipinski definition) is 5. The molecule has 1 atom stereocenters. The molecule has 0 aromatic heterocycles. The molecule has 0 radical (unpaired) electrons. The Morgan fingerprint density at radius 1 is 1.52 bits per heavy atom. The highest BCUT2D eigenvalue weighted by Gasteiger charge is 2.22. The Labute approximate surface area is 123 Å². The second-order valence-electron chi connectivity index (χ2n) is 5.18. The van der Waals surface area contributed by atoms with E-state index in [0.717, 1.165) is 0 Å². The molecule has 0 saturated carbocycles. The SMILES string of the molecule is COCCC(C)(O)CNC(=O)c1cc([N+](=O)[O-])ccc1C. The number of methoxy groups -OCH3 is 1. The van der Waals surface area contributed by atoms with Crippen LogP contribution in [0.25, 0.3) is 0 Å².